The second-order valence-electron chi connectivity index (χ2n) is 4.91. The van der Waals surface area contributed by atoms with E-state index >= 15 is 0 Å². The van der Waals surface area contributed by atoms with Gasteiger partial charge in [0, 0.05) is 20.2 Å². The minimum Gasteiger partial charge on any atom is -0.465 e. The van der Waals surface area contributed by atoms with Gasteiger partial charge in [-0.15, -0.1) is 0 Å². The SMILES string of the molecule is COC(=O)c1ccccc1S(=O)(=O)N(C)CC1CCCO1. The van der Waals surface area contributed by atoms with Crippen LogP contribution in [0.3, 0.4) is 0 Å². The number of hydrogen-bond acceptors (Lipinski definition) is 5. The summed E-state index contributed by atoms with van der Waals surface area (Å²) in [6, 6.07) is 6.04. The number of esters is 1. The molecule has 1 heterocycles. The summed E-state index contributed by atoms with van der Waals surface area (Å²) in [5.74, 6) is -0.667. The van der Waals surface area contributed by atoms with Crippen molar-refractivity contribution in [2.45, 2.75) is 23.8 Å². The predicted molar refractivity (Wildman–Crippen MR) is 76.6 cm³/mol. The fourth-order valence-corrected chi connectivity index (χ4v) is 3.69. The minimum absolute atomic E-state index is 0.0409. The summed E-state index contributed by atoms with van der Waals surface area (Å²) < 4.78 is 36.6. The topological polar surface area (TPSA) is 72.9 Å². The van der Waals surface area contributed by atoms with Gasteiger partial charge < -0.3 is 9.47 Å². The molecule has 2 rings (SSSR count). The Morgan fingerprint density at radius 3 is 2.76 bits per heavy atom. The number of nitrogens with zero attached hydrogens (tertiary/aromatic N) is 1. The highest BCUT2D eigenvalue weighted by molar-refractivity contribution is 7.89. The molecule has 1 fully saturated rings. The average molecular weight is 313 g/mol. The van der Waals surface area contributed by atoms with Gasteiger partial charge >= 0.3 is 5.97 Å². The zero-order valence-electron chi connectivity index (χ0n) is 12.1. The van der Waals surface area contributed by atoms with Crippen LogP contribution in [0.1, 0.15) is 23.2 Å². The number of carbonyl (C=O) groups is 1. The molecule has 1 unspecified atom stereocenters. The summed E-state index contributed by atoms with van der Waals surface area (Å²) in [4.78, 5) is 11.7. The van der Waals surface area contributed by atoms with E-state index in [2.05, 4.69) is 4.74 Å². The lowest BCUT2D eigenvalue weighted by Crippen LogP contribution is -2.34. The van der Waals surface area contributed by atoms with Crippen molar-refractivity contribution in [3.8, 4) is 0 Å². The van der Waals surface area contributed by atoms with Crippen LogP contribution in [-0.4, -0.2) is 52.1 Å². The zero-order chi connectivity index (χ0) is 15.5. The molecule has 1 aliphatic rings. The highest BCUT2D eigenvalue weighted by Crippen LogP contribution is 2.22. The summed E-state index contributed by atoms with van der Waals surface area (Å²) in [6.45, 7) is 0.940. The van der Waals surface area contributed by atoms with E-state index in [1.807, 2.05) is 0 Å². The molecule has 6 nitrogen and oxygen atoms in total. The molecule has 0 N–H and O–H groups in total. The monoisotopic (exact) mass is 313 g/mol. The first-order valence-corrected chi connectivity index (χ1v) is 8.16. The molecular weight excluding hydrogens is 294 g/mol. The van der Waals surface area contributed by atoms with Crippen LogP contribution in [0.15, 0.2) is 29.2 Å². The van der Waals surface area contributed by atoms with E-state index in [0.717, 1.165) is 12.8 Å². The molecule has 0 saturated carbocycles. The quantitative estimate of drug-likeness (QED) is 0.766. The molecule has 1 aromatic rings. The van der Waals surface area contributed by atoms with Crippen LogP contribution in [0, 0.1) is 0 Å². The maximum atomic E-state index is 12.6. The van der Waals surface area contributed by atoms with Crippen molar-refractivity contribution < 1.29 is 22.7 Å². The predicted octanol–water partition coefficient (Wildman–Crippen LogP) is 1.27. The molecule has 21 heavy (non-hydrogen) atoms. The van der Waals surface area contributed by atoms with Gasteiger partial charge in [0.15, 0.2) is 0 Å². The van der Waals surface area contributed by atoms with Gasteiger partial charge in [0.2, 0.25) is 10.0 Å². The van der Waals surface area contributed by atoms with E-state index in [0.29, 0.717) is 6.61 Å². The molecule has 0 spiro atoms. The number of carbonyl (C=O) groups excluding carboxylic acids is 1. The van der Waals surface area contributed by atoms with Crippen LogP contribution in [-0.2, 0) is 19.5 Å². The normalized spacial score (nSPS) is 18.9. The molecule has 0 aromatic heterocycles. The third-order valence-electron chi connectivity index (χ3n) is 3.47. The number of hydrogen-bond donors (Lipinski definition) is 0. The van der Waals surface area contributed by atoms with Crippen molar-refractivity contribution in [2.75, 3.05) is 27.3 Å². The molecule has 1 aliphatic heterocycles. The summed E-state index contributed by atoms with van der Waals surface area (Å²) >= 11 is 0. The average Bonchev–Trinajstić information content (AvgIpc) is 2.99. The second-order valence-corrected chi connectivity index (χ2v) is 6.92. The van der Waals surface area contributed by atoms with Crippen LogP contribution < -0.4 is 0 Å². The molecule has 1 saturated heterocycles. The van der Waals surface area contributed by atoms with Crippen LogP contribution in [0.4, 0.5) is 0 Å². The van der Waals surface area contributed by atoms with E-state index in [9.17, 15) is 13.2 Å². The summed E-state index contributed by atoms with van der Waals surface area (Å²) in [6.07, 6.45) is 1.70. The van der Waals surface area contributed by atoms with Crippen molar-refractivity contribution in [3.05, 3.63) is 29.8 Å². The Kier molecular flexibility index (Phi) is 4.97. The van der Waals surface area contributed by atoms with Crippen molar-refractivity contribution in [3.63, 3.8) is 0 Å². The van der Waals surface area contributed by atoms with Gasteiger partial charge in [-0.3, -0.25) is 0 Å². The minimum atomic E-state index is -3.76. The zero-order valence-corrected chi connectivity index (χ0v) is 12.9. The molecular formula is C14H19NO5S. The van der Waals surface area contributed by atoms with E-state index in [-0.39, 0.29) is 23.1 Å². The van der Waals surface area contributed by atoms with Crippen LogP contribution in [0.5, 0.6) is 0 Å². The van der Waals surface area contributed by atoms with Gasteiger partial charge in [0.25, 0.3) is 0 Å². The Morgan fingerprint density at radius 2 is 2.14 bits per heavy atom. The maximum absolute atomic E-state index is 12.6. The van der Waals surface area contributed by atoms with Crippen LogP contribution in [0.25, 0.3) is 0 Å². The summed E-state index contributed by atoms with van der Waals surface area (Å²) in [5.41, 5.74) is 0.0409. The molecule has 0 amide bonds. The molecule has 1 aromatic carbocycles. The Balaban J connectivity index is 2.28. The number of benzene rings is 1. The molecule has 0 aliphatic carbocycles. The van der Waals surface area contributed by atoms with E-state index in [1.165, 1.54) is 30.6 Å². The lowest BCUT2D eigenvalue weighted by molar-refractivity contribution is 0.0596. The van der Waals surface area contributed by atoms with Gasteiger partial charge in [0.05, 0.1) is 23.7 Å². The number of rotatable bonds is 5. The van der Waals surface area contributed by atoms with Crippen LogP contribution >= 0.6 is 0 Å². The fraction of sp³-hybridized carbons (Fsp3) is 0.500. The number of methoxy groups -OCH3 is 1. The standard InChI is InChI=1S/C14H19NO5S/c1-15(10-11-6-5-9-20-11)21(17,18)13-8-4-3-7-12(13)14(16)19-2/h3-4,7-8,11H,5-6,9-10H2,1-2H3. The van der Waals surface area contributed by atoms with Gasteiger partial charge in [-0.05, 0) is 25.0 Å². The Hall–Kier alpha value is -1.44. The van der Waals surface area contributed by atoms with Gasteiger partial charge in [-0.2, -0.15) is 4.31 Å². The highest BCUT2D eigenvalue weighted by Gasteiger charge is 2.29. The lowest BCUT2D eigenvalue weighted by Gasteiger charge is -2.21. The smallest absolute Gasteiger partial charge is 0.339 e. The fourth-order valence-electron chi connectivity index (χ4n) is 2.31. The Morgan fingerprint density at radius 1 is 1.43 bits per heavy atom. The first-order valence-electron chi connectivity index (χ1n) is 6.72. The largest absolute Gasteiger partial charge is 0.465 e. The third-order valence-corrected chi connectivity index (χ3v) is 5.35. The maximum Gasteiger partial charge on any atom is 0.339 e. The van der Waals surface area contributed by atoms with Crippen molar-refractivity contribution >= 4 is 16.0 Å². The molecule has 7 heteroatoms. The summed E-state index contributed by atoms with van der Waals surface area (Å²) in [5, 5.41) is 0. The van der Waals surface area contributed by atoms with Crippen molar-refractivity contribution in [2.24, 2.45) is 0 Å². The first kappa shape index (κ1) is 15.9. The van der Waals surface area contributed by atoms with E-state index in [1.54, 1.807) is 12.1 Å². The molecule has 1 atom stereocenters. The highest BCUT2D eigenvalue weighted by atomic mass is 32.2. The lowest BCUT2D eigenvalue weighted by atomic mass is 10.2. The van der Waals surface area contributed by atoms with E-state index < -0.39 is 16.0 Å². The molecule has 0 bridgehead atoms. The van der Waals surface area contributed by atoms with Gasteiger partial charge in [0.1, 0.15) is 0 Å². The number of sulfonamides is 1. The van der Waals surface area contributed by atoms with E-state index in [4.69, 9.17) is 4.74 Å². The summed E-state index contributed by atoms with van der Waals surface area (Å²) in [7, 11) is -1.04. The number of ether oxygens (including phenoxy) is 2. The number of likely N-dealkylation sites (N-methyl/N-ethyl adjacent to an activating group) is 1. The van der Waals surface area contributed by atoms with Crippen molar-refractivity contribution in [1.82, 2.24) is 4.31 Å². The second kappa shape index (κ2) is 6.55. The molecule has 0 radical (unpaired) electrons. The van der Waals surface area contributed by atoms with Gasteiger partial charge in [-0.25, -0.2) is 13.2 Å². The van der Waals surface area contributed by atoms with Gasteiger partial charge in [-0.1, -0.05) is 12.1 Å². The van der Waals surface area contributed by atoms with Crippen molar-refractivity contribution in [1.29, 1.82) is 0 Å². The first-order chi connectivity index (χ1) is 9.96. The third kappa shape index (κ3) is 3.42. The van der Waals surface area contributed by atoms with Crippen LogP contribution in [0.2, 0.25) is 0 Å². The Bertz CT molecular complexity index is 608. The molecule has 116 valence electrons. The Labute approximate surface area is 124 Å².